The van der Waals surface area contributed by atoms with Crippen LogP contribution in [-0.4, -0.2) is 35.8 Å². The highest BCUT2D eigenvalue weighted by molar-refractivity contribution is 5.80. The van der Waals surface area contributed by atoms with Gasteiger partial charge in [-0.1, -0.05) is 23.8 Å². The Hall–Kier alpha value is -2.04. The molecule has 1 aromatic carbocycles. The van der Waals surface area contributed by atoms with Gasteiger partial charge in [0.15, 0.2) is 6.23 Å². The van der Waals surface area contributed by atoms with Gasteiger partial charge >= 0.3 is 6.16 Å². The zero-order valence-electron chi connectivity index (χ0n) is 15.0. The molecule has 1 fully saturated rings. The van der Waals surface area contributed by atoms with Crippen LogP contribution in [-0.2, 0) is 20.7 Å². The minimum absolute atomic E-state index is 0.0107. The van der Waals surface area contributed by atoms with Crippen LogP contribution in [0.2, 0.25) is 0 Å². The molecular formula is C19H27NO4. The Morgan fingerprint density at radius 3 is 2.67 bits per heavy atom. The van der Waals surface area contributed by atoms with Crippen LogP contribution >= 0.6 is 0 Å². The molecule has 1 aliphatic rings. The second-order valence-corrected chi connectivity index (χ2v) is 6.44. The Morgan fingerprint density at radius 2 is 2.00 bits per heavy atom. The number of hydrogen-bond donors (Lipinski definition) is 0. The zero-order chi connectivity index (χ0) is 17.7. The quantitative estimate of drug-likeness (QED) is 0.788. The van der Waals surface area contributed by atoms with E-state index in [1.807, 2.05) is 32.9 Å². The normalized spacial score (nSPS) is 20.6. The van der Waals surface area contributed by atoms with Gasteiger partial charge in [-0.05, 0) is 51.7 Å². The Morgan fingerprint density at radius 1 is 1.25 bits per heavy atom. The zero-order valence-corrected chi connectivity index (χ0v) is 15.0. The van der Waals surface area contributed by atoms with Crippen LogP contribution in [0.1, 0.15) is 49.8 Å². The van der Waals surface area contributed by atoms with Gasteiger partial charge in [-0.15, -0.1) is 0 Å². The highest BCUT2D eigenvalue weighted by Crippen LogP contribution is 2.25. The first-order chi connectivity index (χ1) is 11.4. The minimum Gasteiger partial charge on any atom is -0.435 e. The number of ether oxygens (including phenoxy) is 2. The maximum atomic E-state index is 12.9. The third-order valence-corrected chi connectivity index (χ3v) is 4.48. The van der Waals surface area contributed by atoms with Gasteiger partial charge in [-0.3, -0.25) is 4.79 Å². The summed E-state index contributed by atoms with van der Waals surface area (Å²) in [5, 5.41) is 0. The summed E-state index contributed by atoms with van der Waals surface area (Å²) >= 11 is 0. The number of carbonyl (C=O) groups is 2. The number of piperidine rings is 1. The monoisotopic (exact) mass is 333 g/mol. The second kappa shape index (κ2) is 8.18. The molecule has 2 unspecified atom stereocenters. The first kappa shape index (κ1) is 18.3. The van der Waals surface area contributed by atoms with Crippen molar-refractivity contribution in [3.63, 3.8) is 0 Å². The van der Waals surface area contributed by atoms with Crippen molar-refractivity contribution in [3.05, 3.63) is 34.9 Å². The number of carbonyl (C=O) groups excluding carboxylic acids is 2. The van der Waals surface area contributed by atoms with Crippen molar-refractivity contribution in [1.29, 1.82) is 0 Å². The van der Waals surface area contributed by atoms with Crippen molar-refractivity contribution < 1.29 is 19.1 Å². The summed E-state index contributed by atoms with van der Waals surface area (Å²) in [5.74, 6) is -0.0107. The average Bonchev–Trinajstić information content (AvgIpc) is 2.50. The van der Waals surface area contributed by atoms with Gasteiger partial charge in [0.1, 0.15) is 0 Å². The topological polar surface area (TPSA) is 55.8 Å². The van der Waals surface area contributed by atoms with Crippen molar-refractivity contribution in [1.82, 2.24) is 4.90 Å². The van der Waals surface area contributed by atoms with Crippen molar-refractivity contribution in [2.24, 2.45) is 0 Å². The number of hydrogen-bond acceptors (Lipinski definition) is 4. The van der Waals surface area contributed by atoms with Gasteiger partial charge in [0.25, 0.3) is 0 Å². The molecular weight excluding hydrogens is 306 g/mol. The van der Waals surface area contributed by atoms with Crippen molar-refractivity contribution >= 4 is 12.1 Å². The SMILES string of the molecule is CCOC(=O)OC1CCCC(C)N1C(=O)Cc1ccc(C)cc1C. The Labute approximate surface area is 143 Å². The molecule has 1 aliphatic heterocycles. The van der Waals surface area contributed by atoms with E-state index in [0.717, 1.165) is 24.0 Å². The van der Waals surface area contributed by atoms with Gasteiger partial charge in [-0.2, -0.15) is 0 Å². The number of benzene rings is 1. The largest absolute Gasteiger partial charge is 0.510 e. The van der Waals surface area contributed by atoms with Gasteiger partial charge < -0.3 is 14.4 Å². The lowest BCUT2D eigenvalue weighted by Crippen LogP contribution is -2.51. The van der Waals surface area contributed by atoms with E-state index in [0.29, 0.717) is 12.8 Å². The third-order valence-electron chi connectivity index (χ3n) is 4.48. The van der Waals surface area contributed by atoms with E-state index in [-0.39, 0.29) is 18.6 Å². The van der Waals surface area contributed by atoms with Crippen LogP contribution in [0.3, 0.4) is 0 Å². The number of likely N-dealkylation sites (tertiary alicyclic amines) is 1. The standard InChI is InChI=1S/C19H27NO4/c1-5-23-19(22)24-18-8-6-7-15(4)20(18)17(21)12-16-10-9-13(2)11-14(16)3/h9-11,15,18H,5-8,12H2,1-4H3. The molecule has 5 heteroatoms. The van der Waals surface area contributed by atoms with Crippen molar-refractivity contribution in [2.45, 2.75) is 65.6 Å². The van der Waals surface area contributed by atoms with E-state index < -0.39 is 12.4 Å². The maximum Gasteiger partial charge on any atom is 0.510 e. The second-order valence-electron chi connectivity index (χ2n) is 6.44. The number of amides is 1. The molecule has 1 heterocycles. The van der Waals surface area contributed by atoms with Gasteiger partial charge in [-0.25, -0.2) is 4.79 Å². The summed E-state index contributed by atoms with van der Waals surface area (Å²) in [6.07, 6.45) is 1.58. The number of rotatable bonds is 4. The Kier molecular flexibility index (Phi) is 6.23. The van der Waals surface area contributed by atoms with E-state index in [4.69, 9.17) is 9.47 Å². The van der Waals surface area contributed by atoms with E-state index in [1.54, 1.807) is 11.8 Å². The lowest BCUT2D eigenvalue weighted by Gasteiger charge is -2.39. The lowest BCUT2D eigenvalue weighted by atomic mass is 9.98. The fraction of sp³-hybridized carbons (Fsp3) is 0.579. The van der Waals surface area contributed by atoms with E-state index in [9.17, 15) is 9.59 Å². The number of aryl methyl sites for hydroxylation is 2. The first-order valence-electron chi connectivity index (χ1n) is 8.63. The molecule has 2 atom stereocenters. The van der Waals surface area contributed by atoms with E-state index >= 15 is 0 Å². The fourth-order valence-corrected chi connectivity index (χ4v) is 3.23. The average molecular weight is 333 g/mol. The molecule has 2 rings (SSSR count). The summed E-state index contributed by atoms with van der Waals surface area (Å²) in [4.78, 5) is 26.2. The van der Waals surface area contributed by atoms with Crippen LogP contribution in [0, 0.1) is 13.8 Å². The highest BCUT2D eigenvalue weighted by atomic mass is 16.7. The molecule has 0 spiro atoms. The third kappa shape index (κ3) is 4.49. The Balaban J connectivity index is 2.11. The molecule has 0 N–H and O–H groups in total. The summed E-state index contributed by atoms with van der Waals surface area (Å²) in [7, 11) is 0. The molecule has 132 valence electrons. The first-order valence-corrected chi connectivity index (χ1v) is 8.63. The molecule has 0 radical (unpaired) electrons. The summed E-state index contributed by atoms with van der Waals surface area (Å²) < 4.78 is 10.2. The molecule has 5 nitrogen and oxygen atoms in total. The predicted octanol–water partition coefficient (Wildman–Crippen LogP) is 3.75. The Bertz CT molecular complexity index is 599. The minimum atomic E-state index is -0.707. The molecule has 1 aromatic rings. The lowest BCUT2D eigenvalue weighted by molar-refractivity contribution is -0.151. The molecule has 24 heavy (non-hydrogen) atoms. The number of nitrogens with zero attached hydrogens (tertiary/aromatic N) is 1. The van der Waals surface area contributed by atoms with Crippen LogP contribution in [0.5, 0.6) is 0 Å². The van der Waals surface area contributed by atoms with Gasteiger partial charge in [0, 0.05) is 12.5 Å². The van der Waals surface area contributed by atoms with Crippen molar-refractivity contribution in [2.75, 3.05) is 6.61 Å². The van der Waals surface area contributed by atoms with Crippen molar-refractivity contribution in [3.8, 4) is 0 Å². The van der Waals surface area contributed by atoms with E-state index in [1.165, 1.54) is 5.56 Å². The predicted molar refractivity (Wildman–Crippen MR) is 91.7 cm³/mol. The maximum absolute atomic E-state index is 12.9. The smallest absolute Gasteiger partial charge is 0.435 e. The van der Waals surface area contributed by atoms with Crippen LogP contribution in [0.15, 0.2) is 18.2 Å². The molecule has 1 amide bonds. The van der Waals surface area contributed by atoms with Gasteiger partial charge in [0.2, 0.25) is 5.91 Å². The van der Waals surface area contributed by atoms with Crippen LogP contribution in [0.4, 0.5) is 4.79 Å². The molecule has 0 aliphatic carbocycles. The summed E-state index contributed by atoms with van der Waals surface area (Å²) in [6, 6.07) is 6.14. The summed E-state index contributed by atoms with van der Waals surface area (Å²) in [5.41, 5.74) is 3.30. The molecule has 0 bridgehead atoms. The van der Waals surface area contributed by atoms with Crippen LogP contribution < -0.4 is 0 Å². The van der Waals surface area contributed by atoms with Crippen LogP contribution in [0.25, 0.3) is 0 Å². The highest BCUT2D eigenvalue weighted by Gasteiger charge is 2.34. The summed E-state index contributed by atoms with van der Waals surface area (Å²) in [6.45, 7) is 8.04. The van der Waals surface area contributed by atoms with Gasteiger partial charge in [0.05, 0.1) is 13.0 Å². The van der Waals surface area contributed by atoms with E-state index in [2.05, 4.69) is 6.07 Å². The molecule has 1 saturated heterocycles. The molecule has 0 aromatic heterocycles. The fourth-order valence-electron chi connectivity index (χ4n) is 3.23. The molecule has 0 saturated carbocycles.